The number of alkyl halides is 3. The third-order valence-corrected chi connectivity index (χ3v) is 5.33. The molecule has 0 radical (unpaired) electrons. The first-order valence-electron chi connectivity index (χ1n) is 10.2. The zero-order valence-electron chi connectivity index (χ0n) is 18.0. The van der Waals surface area contributed by atoms with E-state index < -0.39 is 23.8 Å². The van der Waals surface area contributed by atoms with Crippen molar-refractivity contribution < 1.29 is 27.1 Å². The summed E-state index contributed by atoms with van der Waals surface area (Å²) < 4.78 is 58.7. The van der Waals surface area contributed by atoms with Crippen LogP contribution in [-0.4, -0.2) is 16.6 Å². The number of hydrogen-bond donors (Lipinski definition) is 1. The van der Waals surface area contributed by atoms with E-state index in [9.17, 15) is 22.4 Å². The third kappa shape index (κ3) is 6.74. The van der Waals surface area contributed by atoms with E-state index >= 15 is 0 Å². The van der Waals surface area contributed by atoms with Crippen molar-refractivity contribution in [1.29, 1.82) is 0 Å². The molecule has 2 aromatic carbocycles. The minimum Gasteiger partial charge on any atom is -0.442 e. The van der Waals surface area contributed by atoms with Gasteiger partial charge in [0.25, 0.3) is 0 Å². The van der Waals surface area contributed by atoms with Crippen molar-refractivity contribution in [3.63, 3.8) is 0 Å². The van der Waals surface area contributed by atoms with Crippen LogP contribution in [0.2, 0.25) is 5.02 Å². The first-order valence-corrected chi connectivity index (χ1v) is 10.6. The highest BCUT2D eigenvalue weighted by atomic mass is 35.5. The van der Waals surface area contributed by atoms with E-state index in [0.717, 1.165) is 23.3 Å². The van der Waals surface area contributed by atoms with Crippen LogP contribution in [0.5, 0.6) is 0 Å². The van der Waals surface area contributed by atoms with Gasteiger partial charge >= 0.3 is 12.1 Å². The highest BCUT2D eigenvalue weighted by Crippen LogP contribution is 2.34. The number of esters is 1. The Morgan fingerprint density at radius 1 is 1.09 bits per heavy atom. The Morgan fingerprint density at radius 2 is 1.79 bits per heavy atom. The number of rotatable bonds is 8. The van der Waals surface area contributed by atoms with Gasteiger partial charge < -0.3 is 14.6 Å². The first-order chi connectivity index (χ1) is 15.5. The number of carbonyl (C=O) groups is 1. The number of carbonyl (C=O) groups excluding carboxylic acids is 1. The van der Waals surface area contributed by atoms with Gasteiger partial charge in [-0.05, 0) is 59.9 Å². The summed E-state index contributed by atoms with van der Waals surface area (Å²) in [7, 11) is 0. The second-order valence-corrected chi connectivity index (χ2v) is 8.40. The lowest BCUT2D eigenvalue weighted by Gasteiger charge is -2.23. The molecule has 0 aliphatic heterocycles. The lowest BCUT2D eigenvalue weighted by molar-refractivity contribution is -0.149. The van der Waals surface area contributed by atoms with Crippen LogP contribution in [-0.2, 0) is 28.9 Å². The average Bonchev–Trinajstić information content (AvgIpc) is 3.19. The Kier molecular flexibility index (Phi) is 7.68. The summed E-state index contributed by atoms with van der Waals surface area (Å²) >= 11 is 6.00. The molecule has 9 heteroatoms. The number of hydrogen-bond acceptors (Lipinski definition) is 3. The summed E-state index contributed by atoms with van der Waals surface area (Å²) in [5.74, 6) is -1.07. The maximum absolute atomic E-state index is 13.0. The number of nitrogens with zero attached hydrogens (tertiary/aromatic N) is 1. The second kappa shape index (κ2) is 10.3. The van der Waals surface area contributed by atoms with Gasteiger partial charge in [0.15, 0.2) is 6.73 Å². The molecule has 4 nitrogen and oxygen atoms in total. The lowest BCUT2D eigenvalue weighted by Crippen LogP contribution is -2.36. The predicted octanol–water partition coefficient (Wildman–Crippen LogP) is 6.53. The summed E-state index contributed by atoms with van der Waals surface area (Å²) in [6, 6.07) is 10.2. The van der Waals surface area contributed by atoms with Crippen LogP contribution in [0.25, 0.3) is 0 Å². The molecule has 176 valence electrons. The molecule has 33 heavy (non-hydrogen) atoms. The number of benzene rings is 2. The van der Waals surface area contributed by atoms with Gasteiger partial charge in [0, 0.05) is 12.4 Å². The fourth-order valence-corrected chi connectivity index (χ4v) is 3.45. The van der Waals surface area contributed by atoms with Gasteiger partial charge in [0.2, 0.25) is 0 Å². The van der Waals surface area contributed by atoms with Crippen molar-refractivity contribution in [2.75, 3.05) is 5.32 Å². The van der Waals surface area contributed by atoms with Crippen molar-refractivity contribution in [3.8, 4) is 0 Å². The van der Waals surface area contributed by atoms with Gasteiger partial charge in [-0.1, -0.05) is 37.6 Å². The average molecular weight is 483 g/mol. The molecule has 0 spiro atoms. The quantitative estimate of drug-likeness (QED) is 0.293. The summed E-state index contributed by atoms with van der Waals surface area (Å²) in [4.78, 5) is 12.7. The molecule has 0 fully saturated rings. The van der Waals surface area contributed by atoms with Gasteiger partial charge in [-0.15, -0.1) is 0 Å². The van der Waals surface area contributed by atoms with E-state index in [1.54, 1.807) is 36.7 Å². The summed E-state index contributed by atoms with van der Waals surface area (Å²) in [6.07, 6.45) is -0.327. The van der Waals surface area contributed by atoms with Crippen LogP contribution in [0.4, 0.5) is 23.2 Å². The molecule has 1 unspecified atom stereocenters. The maximum Gasteiger partial charge on any atom is 0.416 e. The van der Waals surface area contributed by atoms with Crippen molar-refractivity contribution in [3.05, 3.63) is 88.5 Å². The molecule has 0 saturated heterocycles. The Balaban J connectivity index is 1.61. The van der Waals surface area contributed by atoms with Gasteiger partial charge in [-0.25, -0.2) is 9.18 Å². The molecule has 0 aliphatic rings. The third-order valence-electron chi connectivity index (χ3n) is 5.02. The predicted molar refractivity (Wildman–Crippen MR) is 118 cm³/mol. The van der Waals surface area contributed by atoms with Gasteiger partial charge in [-0.2, -0.15) is 13.2 Å². The van der Waals surface area contributed by atoms with Gasteiger partial charge in [-0.3, -0.25) is 0 Å². The topological polar surface area (TPSA) is 43.3 Å². The number of halogens is 5. The number of ether oxygens (including phenoxy) is 1. The van der Waals surface area contributed by atoms with Crippen molar-refractivity contribution in [2.24, 2.45) is 5.92 Å². The van der Waals surface area contributed by atoms with E-state index in [1.807, 2.05) is 12.3 Å². The van der Waals surface area contributed by atoms with E-state index in [-0.39, 0.29) is 29.2 Å². The Bertz CT molecular complexity index is 1090. The standard InChI is InChI=1S/C24H23ClF4N2O2/c1-15(2)22(30-21-8-5-18(12-20(21)25)24(27,28)29)23(32)33-14-31-10-9-17(13-31)11-16-3-6-19(26)7-4-16/h3-10,12-13,15,22,30H,11,14H2,1-2H3. The van der Waals surface area contributed by atoms with E-state index in [0.29, 0.717) is 6.42 Å². The van der Waals surface area contributed by atoms with Crippen molar-refractivity contribution >= 4 is 23.3 Å². The highest BCUT2D eigenvalue weighted by molar-refractivity contribution is 6.33. The van der Waals surface area contributed by atoms with Gasteiger partial charge in [0.05, 0.1) is 16.3 Å². The summed E-state index contributed by atoms with van der Waals surface area (Å²) in [5, 5.41) is 2.75. The van der Waals surface area contributed by atoms with Crippen LogP contribution in [0.3, 0.4) is 0 Å². The minimum atomic E-state index is -4.51. The molecule has 3 aromatic rings. The van der Waals surface area contributed by atoms with E-state index in [4.69, 9.17) is 16.3 Å². The Labute approximate surface area is 194 Å². The molecular formula is C24H23ClF4N2O2. The highest BCUT2D eigenvalue weighted by Gasteiger charge is 2.31. The molecule has 3 rings (SSSR count). The molecule has 0 amide bonds. The van der Waals surface area contributed by atoms with Gasteiger partial charge in [0.1, 0.15) is 11.9 Å². The zero-order valence-corrected chi connectivity index (χ0v) is 18.8. The summed E-state index contributed by atoms with van der Waals surface area (Å²) in [6.45, 7) is 3.54. The molecule has 1 aromatic heterocycles. The van der Waals surface area contributed by atoms with Crippen molar-refractivity contribution in [2.45, 2.75) is 39.2 Å². The van der Waals surface area contributed by atoms with Crippen LogP contribution in [0.1, 0.15) is 30.5 Å². The minimum absolute atomic E-state index is 0.0338. The monoisotopic (exact) mass is 482 g/mol. The van der Waals surface area contributed by atoms with Crippen LogP contribution in [0, 0.1) is 11.7 Å². The van der Waals surface area contributed by atoms with Crippen LogP contribution in [0.15, 0.2) is 60.9 Å². The molecule has 0 bridgehead atoms. The maximum atomic E-state index is 13.0. The van der Waals surface area contributed by atoms with Crippen LogP contribution < -0.4 is 5.32 Å². The number of anilines is 1. The lowest BCUT2D eigenvalue weighted by atomic mass is 10.0. The SMILES string of the molecule is CC(C)C(Nc1ccc(C(F)(F)F)cc1Cl)C(=O)OCn1ccc(Cc2ccc(F)cc2)c1. The summed E-state index contributed by atoms with van der Waals surface area (Å²) in [5.41, 5.74) is 1.25. The number of aromatic nitrogens is 1. The van der Waals surface area contributed by atoms with Crippen molar-refractivity contribution in [1.82, 2.24) is 4.57 Å². The van der Waals surface area contributed by atoms with E-state index in [1.165, 1.54) is 18.2 Å². The first kappa shape index (κ1) is 24.6. The molecule has 0 aliphatic carbocycles. The fraction of sp³-hybridized carbons (Fsp3) is 0.292. The Hall–Kier alpha value is -3.00. The van der Waals surface area contributed by atoms with E-state index in [2.05, 4.69) is 5.32 Å². The molecule has 1 atom stereocenters. The second-order valence-electron chi connectivity index (χ2n) is 7.99. The smallest absolute Gasteiger partial charge is 0.416 e. The zero-order chi connectivity index (χ0) is 24.2. The molecule has 1 heterocycles. The molecule has 1 N–H and O–H groups in total. The Morgan fingerprint density at radius 3 is 2.39 bits per heavy atom. The van der Waals surface area contributed by atoms with Crippen LogP contribution >= 0.6 is 11.6 Å². The molecule has 0 saturated carbocycles. The largest absolute Gasteiger partial charge is 0.442 e. The molecular weight excluding hydrogens is 460 g/mol. The normalized spacial score (nSPS) is 12.6. The number of nitrogens with one attached hydrogen (secondary N) is 1. The fourth-order valence-electron chi connectivity index (χ4n) is 3.22.